The molecule has 0 bridgehead atoms. The zero-order valence-corrected chi connectivity index (χ0v) is 22.4. The second-order valence-corrected chi connectivity index (χ2v) is 11.5. The standard InChI is InChI=1S/C27H32F3N3O5S/c1-2-38-26(35)32-16-17-33(24(18-32)19-6-4-3-5-7-19)25(34)20-8-12-22(13-9-20)31-39(36,37)23-14-10-21(11-15-23)27(28,29)30/h3-7,10-11,14-15,20,22,24,31H,2,8-9,12-13,16-18H2,1H3/t20?,22?,24-/m1/s1. The highest BCUT2D eigenvalue weighted by Gasteiger charge is 2.38. The number of nitrogens with zero attached hydrogens (tertiary/aromatic N) is 2. The molecule has 4 rings (SSSR count). The van der Waals surface area contributed by atoms with Crippen molar-refractivity contribution in [3.05, 3.63) is 65.7 Å². The molecule has 0 aromatic heterocycles. The van der Waals surface area contributed by atoms with Gasteiger partial charge in [-0.15, -0.1) is 0 Å². The molecule has 1 saturated carbocycles. The van der Waals surface area contributed by atoms with Gasteiger partial charge in [0, 0.05) is 31.6 Å². The highest BCUT2D eigenvalue weighted by Crippen LogP contribution is 2.33. The molecule has 2 fully saturated rings. The van der Waals surface area contributed by atoms with Crippen molar-refractivity contribution in [1.29, 1.82) is 0 Å². The Labute approximate surface area is 226 Å². The zero-order valence-electron chi connectivity index (χ0n) is 21.6. The third-order valence-electron chi connectivity index (χ3n) is 7.26. The van der Waals surface area contributed by atoms with Gasteiger partial charge in [0.25, 0.3) is 0 Å². The van der Waals surface area contributed by atoms with Crippen LogP contribution in [0.4, 0.5) is 18.0 Å². The van der Waals surface area contributed by atoms with Gasteiger partial charge in [-0.2, -0.15) is 13.2 Å². The van der Waals surface area contributed by atoms with E-state index in [1.54, 1.807) is 11.8 Å². The number of carbonyl (C=O) groups excluding carboxylic acids is 2. The molecular formula is C27H32F3N3O5S. The molecule has 2 aromatic rings. The molecule has 2 amide bonds. The van der Waals surface area contributed by atoms with E-state index in [1.165, 1.54) is 0 Å². The average molecular weight is 568 g/mol. The number of hydrogen-bond donors (Lipinski definition) is 1. The number of amides is 2. The van der Waals surface area contributed by atoms with Gasteiger partial charge in [0.2, 0.25) is 15.9 Å². The van der Waals surface area contributed by atoms with Crippen LogP contribution >= 0.6 is 0 Å². The minimum Gasteiger partial charge on any atom is -0.450 e. The summed E-state index contributed by atoms with van der Waals surface area (Å²) in [5.41, 5.74) is -0.00444. The van der Waals surface area contributed by atoms with Crippen LogP contribution in [0.2, 0.25) is 0 Å². The second kappa shape index (κ2) is 12.0. The molecule has 0 unspecified atom stereocenters. The van der Waals surface area contributed by atoms with E-state index in [-0.39, 0.29) is 29.4 Å². The third-order valence-corrected chi connectivity index (χ3v) is 8.80. The smallest absolute Gasteiger partial charge is 0.416 e. The lowest BCUT2D eigenvalue weighted by Gasteiger charge is -2.43. The van der Waals surface area contributed by atoms with Crippen LogP contribution in [0, 0.1) is 5.92 Å². The summed E-state index contributed by atoms with van der Waals surface area (Å²) >= 11 is 0. The molecule has 1 heterocycles. The monoisotopic (exact) mass is 567 g/mol. The maximum Gasteiger partial charge on any atom is 0.416 e. The first-order valence-electron chi connectivity index (χ1n) is 13.0. The normalized spacial score (nSPS) is 22.4. The maximum absolute atomic E-state index is 13.6. The summed E-state index contributed by atoms with van der Waals surface area (Å²) in [5, 5.41) is 0. The van der Waals surface area contributed by atoms with E-state index >= 15 is 0 Å². The van der Waals surface area contributed by atoms with Gasteiger partial charge in [-0.05, 0) is 62.4 Å². The second-order valence-electron chi connectivity index (χ2n) is 9.80. The number of carbonyl (C=O) groups is 2. The van der Waals surface area contributed by atoms with Crippen molar-refractivity contribution in [2.24, 2.45) is 5.92 Å². The SMILES string of the molecule is CCOC(=O)N1CCN(C(=O)C2CCC(NS(=O)(=O)c3ccc(C(F)(F)F)cc3)CC2)[C@@H](c2ccccc2)C1. The van der Waals surface area contributed by atoms with Crippen LogP contribution in [0.1, 0.15) is 49.8 Å². The molecule has 212 valence electrons. The maximum atomic E-state index is 13.6. The lowest BCUT2D eigenvalue weighted by molar-refractivity contribution is -0.142. The van der Waals surface area contributed by atoms with Gasteiger partial charge in [-0.1, -0.05) is 30.3 Å². The van der Waals surface area contributed by atoms with Crippen LogP contribution < -0.4 is 4.72 Å². The first-order chi connectivity index (χ1) is 18.5. The number of hydrogen-bond acceptors (Lipinski definition) is 5. The van der Waals surface area contributed by atoms with E-state index in [0.29, 0.717) is 45.3 Å². The van der Waals surface area contributed by atoms with Gasteiger partial charge >= 0.3 is 12.3 Å². The summed E-state index contributed by atoms with van der Waals surface area (Å²) in [7, 11) is -4.01. The third kappa shape index (κ3) is 6.91. The van der Waals surface area contributed by atoms with Crippen LogP contribution in [0.15, 0.2) is 59.5 Å². The first kappa shape index (κ1) is 28.9. The molecule has 8 nitrogen and oxygen atoms in total. The molecular weight excluding hydrogens is 535 g/mol. The van der Waals surface area contributed by atoms with Crippen LogP contribution in [0.25, 0.3) is 0 Å². The Balaban J connectivity index is 1.39. The van der Waals surface area contributed by atoms with E-state index in [1.807, 2.05) is 35.2 Å². The Kier molecular flexibility index (Phi) is 8.85. The van der Waals surface area contributed by atoms with Crippen LogP contribution in [-0.2, 0) is 25.7 Å². The predicted molar refractivity (Wildman–Crippen MR) is 137 cm³/mol. The zero-order chi connectivity index (χ0) is 28.2. The highest BCUT2D eigenvalue weighted by molar-refractivity contribution is 7.89. The topological polar surface area (TPSA) is 96.0 Å². The highest BCUT2D eigenvalue weighted by atomic mass is 32.2. The van der Waals surface area contributed by atoms with Gasteiger partial charge in [-0.25, -0.2) is 17.9 Å². The summed E-state index contributed by atoms with van der Waals surface area (Å²) < 4.78 is 71.7. The Morgan fingerprint density at radius 1 is 0.974 bits per heavy atom. The lowest BCUT2D eigenvalue weighted by Crippen LogP contribution is -2.54. The molecule has 39 heavy (non-hydrogen) atoms. The molecule has 1 atom stereocenters. The fraction of sp³-hybridized carbons (Fsp3) is 0.481. The minimum absolute atomic E-state index is 0.0311. The molecule has 1 aliphatic carbocycles. The van der Waals surface area contributed by atoms with Gasteiger partial charge in [0.15, 0.2) is 0 Å². The van der Waals surface area contributed by atoms with Gasteiger partial charge in [-0.3, -0.25) is 4.79 Å². The Morgan fingerprint density at radius 2 is 1.62 bits per heavy atom. The van der Waals surface area contributed by atoms with Crippen molar-refractivity contribution in [1.82, 2.24) is 14.5 Å². The number of alkyl halides is 3. The van der Waals surface area contributed by atoms with E-state index < -0.39 is 33.9 Å². The first-order valence-corrected chi connectivity index (χ1v) is 14.4. The van der Waals surface area contributed by atoms with Gasteiger partial charge in [0.05, 0.1) is 23.1 Å². The summed E-state index contributed by atoms with van der Waals surface area (Å²) in [4.78, 5) is 29.2. The predicted octanol–water partition coefficient (Wildman–Crippen LogP) is 4.58. The minimum atomic E-state index is -4.55. The largest absolute Gasteiger partial charge is 0.450 e. The van der Waals surface area contributed by atoms with E-state index in [0.717, 1.165) is 29.8 Å². The van der Waals surface area contributed by atoms with Crippen LogP contribution in [-0.4, -0.2) is 62.5 Å². The number of halogens is 3. The molecule has 2 aliphatic rings. The molecule has 12 heteroatoms. The van der Waals surface area contributed by atoms with Crippen molar-refractivity contribution >= 4 is 22.0 Å². The Bertz CT molecular complexity index is 1250. The summed E-state index contributed by atoms with van der Waals surface area (Å²) in [6.45, 7) is 3.04. The number of ether oxygens (including phenoxy) is 1. The molecule has 1 saturated heterocycles. The lowest BCUT2D eigenvalue weighted by atomic mass is 9.85. The number of piperazine rings is 1. The van der Waals surface area contributed by atoms with Crippen molar-refractivity contribution in [3.63, 3.8) is 0 Å². The van der Waals surface area contributed by atoms with Crippen molar-refractivity contribution < 1.29 is 35.9 Å². The number of nitrogens with one attached hydrogen (secondary N) is 1. The number of rotatable bonds is 6. The fourth-order valence-electron chi connectivity index (χ4n) is 5.19. The van der Waals surface area contributed by atoms with E-state index in [9.17, 15) is 31.2 Å². The Hall–Kier alpha value is -3.12. The molecule has 0 radical (unpaired) electrons. The average Bonchev–Trinajstić information content (AvgIpc) is 2.93. The number of benzene rings is 2. The quantitative estimate of drug-likeness (QED) is 0.551. The molecule has 2 aromatic carbocycles. The van der Waals surface area contributed by atoms with Gasteiger partial charge < -0.3 is 14.5 Å². The van der Waals surface area contributed by atoms with E-state index in [2.05, 4.69) is 4.72 Å². The van der Waals surface area contributed by atoms with Crippen LogP contribution in [0.3, 0.4) is 0 Å². The van der Waals surface area contributed by atoms with E-state index in [4.69, 9.17) is 4.74 Å². The summed E-state index contributed by atoms with van der Waals surface area (Å²) in [6.07, 6.45) is -3.17. The van der Waals surface area contributed by atoms with Gasteiger partial charge in [0.1, 0.15) is 0 Å². The molecule has 1 N–H and O–H groups in total. The number of sulfonamides is 1. The molecule has 0 spiro atoms. The van der Waals surface area contributed by atoms with Crippen molar-refractivity contribution in [2.75, 3.05) is 26.2 Å². The summed E-state index contributed by atoms with van der Waals surface area (Å²) in [6, 6.07) is 12.1. The Morgan fingerprint density at radius 3 is 2.21 bits per heavy atom. The van der Waals surface area contributed by atoms with Crippen molar-refractivity contribution in [2.45, 2.75) is 55.8 Å². The van der Waals surface area contributed by atoms with Crippen LogP contribution in [0.5, 0.6) is 0 Å². The fourth-order valence-corrected chi connectivity index (χ4v) is 6.50. The molecule has 1 aliphatic heterocycles. The van der Waals surface area contributed by atoms with Crippen molar-refractivity contribution in [3.8, 4) is 0 Å². The summed E-state index contributed by atoms with van der Waals surface area (Å²) in [5.74, 6) is -0.325.